The van der Waals surface area contributed by atoms with Gasteiger partial charge >= 0.3 is 0 Å². The molecule has 2 unspecified atom stereocenters. The van der Waals surface area contributed by atoms with Gasteiger partial charge in [0, 0.05) is 12.6 Å². The topological polar surface area (TPSA) is 21.3 Å². The maximum Gasteiger partial charge on any atom is 0.0759 e. The number of aryl methyl sites for hydroxylation is 2. The lowest BCUT2D eigenvalue weighted by Crippen LogP contribution is -2.44. The minimum Gasteiger partial charge on any atom is -0.377 e. The van der Waals surface area contributed by atoms with E-state index in [1.54, 1.807) is 0 Å². The molecule has 1 N–H and O–H groups in total. The fourth-order valence-electron chi connectivity index (χ4n) is 3.27. The molecule has 2 atom stereocenters. The van der Waals surface area contributed by atoms with Gasteiger partial charge in [-0.25, -0.2) is 0 Å². The van der Waals surface area contributed by atoms with E-state index in [4.69, 9.17) is 4.74 Å². The maximum atomic E-state index is 6.10. The monoisotopic (exact) mass is 289 g/mol. The molecule has 0 aromatic heterocycles. The summed E-state index contributed by atoms with van der Waals surface area (Å²) in [7, 11) is 0. The van der Waals surface area contributed by atoms with Gasteiger partial charge in [0.2, 0.25) is 0 Å². The third-order valence-electron chi connectivity index (χ3n) is 4.24. The van der Waals surface area contributed by atoms with Gasteiger partial charge in [0.15, 0.2) is 0 Å². The van der Waals surface area contributed by atoms with Crippen molar-refractivity contribution in [2.45, 2.75) is 65.5 Å². The molecule has 1 saturated carbocycles. The van der Waals surface area contributed by atoms with Crippen LogP contribution in [-0.4, -0.2) is 25.3 Å². The van der Waals surface area contributed by atoms with Crippen molar-refractivity contribution in [1.29, 1.82) is 0 Å². The van der Waals surface area contributed by atoms with Crippen molar-refractivity contribution < 1.29 is 4.74 Å². The summed E-state index contributed by atoms with van der Waals surface area (Å²) in [6, 6.07) is 7.34. The van der Waals surface area contributed by atoms with Gasteiger partial charge in [0.05, 0.1) is 6.10 Å². The van der Waals surface area contributed by atoms with E-state index in [-0.39, 0.29) is 0 Å². The van der Waals surface area contributed by atoms with Crippen LogP contribution >= 0.6 is 0 Å². The third kappa shape index (κ3) is 5.12. The van der Waals surface area contributed by atoms with Crippen LogP contribution in [0.1, 0.15) is 49.8 Å². The highest BCUT2D eigenvalue weighted by molar-refractivity contribution is 5.29. The Bertz CT molecular complexity index is 419. The van der Waals surface area contributed by atoms with E-state index in [1.807, 2.05) is 0 Å². The van der Waals surface area contributed by atoms with Crippen LogP contribution in [0.25, 0.3) is 0 Å². The molecule has 21 heavy (non-hydrogen) atoms. The van der Waals surface area contributed by atoms with Crippen molar-refractivity contribution in [3.63, 3.8) is 0 Å². The first-order valence-corrected chi connectivity index (χ1v) is 8.56. The molecule has 0 aliphatic heterocycles. The second-order valence-corrected chi connectivity index (χ2v) is 6.52. The van der Waals surface area contributed by atoms with Crippen LogP contribution < -0.4 is 5.32 Å². The van der Waals surface area contributed by atoms with E-state index < -0.39 is 0 Å². The first-order chi connectivity index (χ1) is 10.1. The zero-order valence-corrected chi connectivity index (χ0v) is 14.1. The maximum absolute atomic E-state index is 6.10. The molecule has 1 aliphatic carbocycles. The van der Waals surface area contributed by atoms with Gasteiger partial charge in [-0.05, 0) is 64.5 Å². The van der Waals surface area contributed by atoms with E-state index >= 15 is 0 Å². The second-order valence-electron chi connectivity index (χ2n) is 6.52. The van der Waals surface area contributed by atoms with E-state index in [1.165, 1.54) is 36.0 Å². The lowest BCUT2D eigenvalue weighted by atomic mass is 9.95. The van der Waals surface area contributed by atoms with Crippen molar-refractivity contribution >= 4 is 0 Å². The molecule has 1 aliphatic rings. The third-order valence-corrected chi connectivity index (χ3v) is 4.24. The molecule has 0 bridgehead atoms. The van der Waals surface area contributed by atoms with Crippen LogP contribution in [0.4, 0.5) is 0 Å². The highest BCUT2D eigenvalue weighted by Gasteiger charge is 2.37. The number of hydrogen-bond donors (Lipinski definition) is 1. The molecule has 0 spiro atoms. The molecule has 2 heteroatoms. The van der Waals surface area contributed by atoms with Gasteiger partial charge in [-0.3, -0.25) is 0 Å². The van der Waals surface area contributed by atoms with Crippen LogP contribution in [0.5, 0.6) is 0 Å². The average Bonchev–Trinajstić information content (AvgIpc) is 3.24. The smallest absolute Gasteiger partial charge is 0.0759 e. The molecule has 0 saturated heterocycles. The van der Waals surface area contributed by atoms with Crippen LogP contribution in [-0.2, 0) is 11.2 Å². The lowest BCUT2D eigenvalue weighted by molar-refractivity contribution is 0.0192. The van der Waals surface area contributed by atoms with Gasteiger partial charge in [-0.15, -0.1) is 0 Å². The Labute approximate surface area is 130 Å². The Balaban J connectivity index is 2.10. The zero-order chi connectivity index (χ0) is 15.2. The molecule has 1 fully saturated rings. The Hall–Kier alpha value is -0.860. The number of rotatable bonds is 9. The highest BCUT2D eigenvalue weighted by atomic mass is 16.5. The summed E-state index contributed by atoms with van der Waals surface area (Å²) in [4.78, 5) is 0. The summed E-state index contributed by atoms with van der Waals surface area (Å²) in [5, 5.41) is 3.74. The Kier molecular flexibility index (Phi) is 6.25. The normalized spacial score (nSPS) is 17.7. The van der Waals surface area contributed by atoms with Crippen LogP contribution in [0.15, 0.2) is 18.2 Å². The molecule has 0 amide bonds. The van der Waals surface area contributed by atoms with Crippen molar-refractivity contribution in [3.8, 4) is 0 Å². The molecule has 1 aromatic rings. The van der Waals surface area contributed by atoms with E-state index in [0.29, 0.717) is 12.1 Å². The predicted molar refractivity (Wildman–Crippen MR) is 89.8 cm³/mol. The van der Waals surface area contributed by atoms with Gasteiger partial charge in [-0.1, -0.05) is 36.2 Å². The number of benzene rings is 1. The lowest BCUT2D eigenvalue weighted by Gasteiger charge is -2.28. The summed E-state index contributed by atoms with van der Waals surface area (Å²) in [6.07, 6.45) is 5.29. The van der Waals surface area contributed by atoms with Crippen LogP contribution in [0.2, 0.25) is 0 Å². The number of ether oxygens (including phenoxy) is 1. The van der Waals surface area contributed by atoms with Crippen molar-refractivity contribution in [1.82, 2.24) is 5.32 Å². The van der Waals surface area contributed by atoms with E-state index in [2.05, 4.69) is 51.2 Å². The molecule has 118 valence electrons. The predicted octanol–water partition coefficient (Wildman–Crippen LogP) is 4.03. The van der Waals surface area contributed by atoms with Gasteiger partial charge in [-0.2, -0.15) is 0 Å². The van der Waals surface area contributed by atoms with Crippen molar-refractivity contribution in [3.05, 3.63) is 34.9 Å². The SMILES string of the molecule is CCCNC(Cc1cc(C)cc(C)c1)C(OCC)C1CC1. The standard InChI is InChI=1S/C19H31NO/c1-5-9-20-18(19(21-6-2)17-7-8-17)13-16-11-14(3)10-15(4)12-16/h10-12,17-20H,5-9,13H2,1-4H3. The number of nitrogens with one attached hydrogen (secondary N) is 1. The fraction of sp³-hybridized carbons (Fsp3) is 0.684. The molecular formula is C19H31NO. The minimum atomic E-state index is 0.377. The first-order valence-electron chi connectivity index (χ1n) is 8.56. The molecule has 0 heterocycles. The summed E-state index contributed by atoms with van der Waals surface area (Å²) >= 11 is 0. The van der Waals surface area contributed by atoms with Gasteiger partial charge in [0.25, 0.3) is 0 Å². The summed E-state index contributed by atoms with van der Waals surface area (Å²) < 4.78 is 6.10. The molecular weight excluding hydrogens is 258 g/mol. The first kappa shape index (κ1) is 16.5. The van der Waals surface area contributed by atoms with Crippen LogP contribution in [0, 0.1) is 19.8 Å². The quantitative estimate of drug-likeness (QED) is 0.741. The summed E-state index contributed by atoms with van der Waals surface area (Å²) in [5.74, 6) is 0.769. The van der Waals surface area contributed by atoms with E-state index in [9.17, 15) is 0 Å². The Morgan fingerprint density at radius 2 is 1.81 bits per heavy atom. The van der Waals surface area contributed by atoms with Crippen molar-refractivity contribution in [2.24, 2.45) is 5.92 Å². The Morgan fingerprint density at radius 3 is 2.33 bits per heavy atom. The van der Waals surface area contributed by atoms with Crippen LogP contribution in [0.3, 0.4) is 0 Å². The second kappa shape index (κ2) is 7.95. The molecule has 1 aromatic carbocycles. The zero-order valence-electron chi connectivity index (χ0n) is 14.1. The van der Waals surface area contributed by atoms with E-state index in [0.717, 1.165) is 25.5 Å². The largest absolute Gasteiger partial charge is 0.377 e. The molecule has 2 nitrogen and oxygen atoms in total. The van der Waals surface area contributed by atoms with Gasteiger partial charge in [0.1, 0.15) is 0 Å². The summed E-state index contributed by atoms with van der Waals surface area (Å²) in [6.45, 7) is 10.6. The average molecular weight is 289 g/mol. The molecule has 0 radical (unpaired) electrons. The molecule has 2 rings (SSSR count). The van der Waals surface area contributed by atoms with Gasteiger partial charge < -0.3 is 10.1 Å². The fourth-order valence-corrected chi connectivity index (χ4v) is 3.27. The minimum absolute atomic E-state index is 0.377. The Morgan fingerprint density at radius 1 is 1.14 bits per heavy atom. The highest BCUT2D eigenvalue weighted by Crippen LogP contribution is 2.36. The summed E-state index contributed by atoms with van der Waals surface area (Å²) in [5.41, 5.74) is 4.16. The van der Waals surface area contributed by atoms with Crippen molar-refractivity contribution in [2.75, 3.05) is 13.2 Å². The number of hydrogen-bond acceptors (Lipinski definition) is 2.